The molecule has 1 aromatic rings. The van der Waals surface area contributed by atoms with Crippen molar-refractivity contribution >= 4 is 5.91 Å². The van der Waals surface area contributed by atoms with Crippen LogP contribution in [-0.2, 0) is 4.79 Å². The highest BCUT2D eigenvalue weighted by molar-refractivity contribution is 5.81. The minimum Gasteiger partial charge on any atom is -0.353 e. The number of likely N-dealkylation sites (N-methyl/N-ethyl adjacent to an activating group) is 1. The first-order valence-electron chi connectivity index (χ1n) is 7.41. The summed E-state index contributed by atoms with van der Waals surface area (Å²) in [4.78, 5) is 14.3. The van der Waals surface area contributed by atoms with Gasteiger partial charge in [0.05, 0.1) is 12.1 Å². The molecule has 0 aliphatic carbocycles. The molecule has 1 aliphatic rings. The Balaban J connectivity index is 1.91. The first kappa shape index (κ1) is 15.0. The Morgan fingerprint density at radius 1 is 1.35 bits per heavy atom. The molecule has 1 amide bonds. The summed E-state index contributed by atoms with van der Waals surface area (Å²) in [5.74, 6) is 0.132. The highest BCUT2D eigenvalue weighted by atomic mass is 16.2. The van der Waals surface area contributed by atoms with E-state index in [1.165, 1.54) is 12.0 Å². The molecule has 1 aromatic carbocycles. The Morgan fingerprint density at radius 2 is 2.10 bits per heavy atom. The minimum atomic E-state index is -0.0117. The van der Waals surface area contributed by atoms with Gasteiger partial charge in [-0.2, -0.15) is 0 Å². The molecule has 1 aliphatic heterocycles. The summed E-state index contributed by atoms with van der Waals surface area (Å²) in [5.41, 5.74) is 1.23. The predicted octanol–water partition coefficient (Wildman–Crippen LogP) is 1.55. The highest BCUT2D eigenvalue weighted by Gasteiger charge is 2.22. The number of rotatable bonds is 5. The molecule has 1 fully saturated rings. The average Bonchev–Trinajstić information content (AvgIpc) is 2.49. The molecule has 2 N–H and O–H groups in total. The van der Waals surface area contributed by atoms with E-state index in [2.05, 4.69) is 27.7 Å². The number of amides is 1. The lowest BCUT2D eigenvalue weighted by Gasteiger charge is -2.27. The maximum atomic E-state index is 12.2. The summed E-state index contributed by atoms with van der Waals surface area (Å²) in [6.07, 6.45) is 3.26. The Bertz CT molecular complexity index is 413. The number of carbonyl (C=O) groups is 1. The van der Waals surface area contributed by atoms with Crippen molar-refractivity contribution in [3.05, 3.63) is 35.9 Å². The summed E-state index contributed by atoms with van der Waals surface area (Å²) >= 11 is 0. The third-order valence-electron chi connectivity index (χ3n) is 3.90. The van der Waals surface area contributed by atoms with E-state index in [0.29, 0.717) is 6.54 Å². The van der Waals surface area contributed by atoms with Gasteiger partial charge in [-0.25, -0.2) is 0 Å². The zero-order valence-corrected chi connectivity index (χ0v) is 12.4. The van der Waals surface area contributed by atoms with E-state index in [0.717, 1.165) is 19.4 Å². The third-order valence-corrected chi connectivity index (χ3v) is 3.90. The largest absolute Gasteiger partial charge is 0.353 e. The van der Waals surface area contributed by atoms with Gasteiger partial charge in [0.1, 0.15) is 0 Å². The second-order valence-electron chi connectivity index (χ2n) is 5.64. The molecular weight excluding hydrogens is 250 g/mol. The summed E-state index contributed by atoms with van der Waals surface area (Å²) in [7, 11) is 4.09. The van der Waals surface area contributed by atoms with Crippen LogP contribution in [0, 0.1) is 0 Å². The number of benzene rings is 1. The van der Waals surface area contributed by atoms with Crippen molar-refractivity contribution in [3.63, 3.8) is 0 Å². The average molecular weight is 275 g/mol. The lowest BCUT2D eigenvalue weighted by Crippen LogP contribution is -2.48. The fourth-order valence-corrected chi connectivity index (χ4v) is 2.67. The minimum absolute atomic E-state index is 0.0117. The first-order valence-corrected chi connectivity index (χ1v) is 7.41. The van der Waals surface area contributed by atoms with Crippen LogP contribution in [0.4, 0.5) is 0 Å². The van der Waals surface area contributed by atoms with Crippen LogP contribution in [0.5, 0.6) is 0 Å². The Hall–Kier alpha value is -1.39. The van der Waals surface area contributed by atoms with Crippen molar-refractivity contribution in [2.75, 3.05) is 27.2 Å². The first-order chi connectivity index (χ1) is 9.68. The van der Waals surface area contributed by atoms with Gasteiger partial charge in [0.2, 0.25) is 5.91 Å². The number of nitrogens with one attached hydrogen (secondary N) is 2. The van der Waals surface area contributed by atoms with Crippen LogP contribution in [-0.4, -0.2) is 44.0 Å². The van der Waals surface area contributed by atoms with Crippen LogP contribution < -0.4 is 10.6 Å². The molecular formula is C16H25N3O. The lowest BCUT2D eigenvalue weighted by atomic mass is 10.0. The lowest BCUT2D eigenvalue weighted by molar-refractivity contribution is -0.123. The van der Waals surface area contributed by atoms with Crippen LogP contribution in [0.15, 0.2) is 30.3 Å². The molecule has 0 saturated carbocycles. The van der Waals surface area contributed by atoms with Crippen LogP contribution in [0.1, 0.15) is 30.9 Å². The molecule has 0 bridgehead atoms. The van der Waals surface area contributed by atoms with Crippen molar-refractivity contribution in [3.8, 4) is 0 Å². The fraction of sp³-hybridized carbons (Fsp3) is 0.562. The van der Waals surface area contributed by atoms with Gasteiger partial charge in [0.15, 0.2) is 0 Å². The molecule has 110 valence electrons. The fourth-order valence-electron chi connectivity index (χ4n) is 2.67. The van der Waals surface area contributed by atoms with E-state index in [9.17, 15) is 4.79 Å². The molecule has 0 spiro atoms. The van der Waals surface area contributed by atoms with Crippen molar-refractivity contribution < 1.29 is 4.79 Å². The summed E-state index contributed by atoms with van der Waals surface area (Å²) in [6, 6.07) is 10.5. The number of nitrogens with zero attached hydrogens (tertiary/aromatic N) is 1. The number of carbonyl (C=O) groups excluding carboxylic acids is 1. The van der Waals surface area contributed by atoms with E-state index in [1.807, 2.05) is 32.3 Å². The van der Waals surface area contributed by atoms with Crippen molar-refractivity contribution in [1.29, 1.82) is 0 Å². The van der Waals surface area contributed by atoms with E-state index < -0.39 is 0 Å². The molecule has 0 aromatic heterocycles. The monoisotopic (exact) mass is 275 g/mol. The summed E-state index contributed by atoms with van der Waals surface area (Å²) in [6.45, 7) is 1.60. The quantitative estimate of drug-likeness (QED) is 0.857. The Kier molecular flexibility index (Phi) is 5.56. The SMILES string of the molecule is CN(C)C(CNC(=O)[C@@H]1CCCCN1)c1ccccc1. The molecule has 2 rings (SSSR count). The third kappa shape index (κ3) is 4.05. The topological polar surface area (TPSA) is 44.4 Å². The van der Waals surface area contributed by atoms with Crippen LogP contribution in [0.25, 0.3) is 0 Å². The van der Waals surface area contributed by atoms with Crippen LogP contribution >= 0.6 is 0 Å². The van der Waals surface area contributed by atoms with Gasteiger partial charge in [-0.15, -0.1) is 0 Å². The van der Waals surface area contributed by atoms with Gasteiger partial charge in [-0.05, 0) is 39.0 Å². The Labute approximate surface area is 121 Å². The maximum absolute atomic E-state index is 12.2. The van der Waals surface area contributed by atoms with E-state index >= 15 is 0 Å². The van der Waals surface area contributed by atoms with Gasteiger partial charge in [-0.3, -0.25) is 4.79 Å². The molecule has 1 unspecified atom stereocenters. The standard InChI is InChI=1S/C16H25N3O/c1-19(2)15(13-8-4-3-5-9-13)12-18-16(20)14-10-6-7-11-17-14/h3-5,8-9,14-15,17H,6-7,10-12H2,1-2H3,(H,18,20)/t14-,15?/m0/s1. The Morgan fingerprint density at radius 3 is 2.70 bits per heavy atom. The van der Waals surface area contributed by atoms with Crippen LogP contribution in [0.2, 0.25) is 0 Å². The van der Waals surface area contributed by atoms with E-state index in [-0.39, 0.29) is 18.0 Å². The molecule has 1 saturated heterocycles. The normalized spacial score (nSPS) is 20.6. The molecule has 20 heavy (non-hydrogen) atoms. The molecule has 2 atom stereocenters. The summed E-state index contributed by atoms with van der Waals surface area (Å²) in [5, 5.41) is 6.38. The van der Waals surface area contributed by atoms with E-state index in [1.54, 1.807) is 0 Å². The van der Waals surface area contributed by atoms with Crippen molar-refractivity contribution in [2.24, 2.45) is 0 Å². The van der Waals surface area contributed by atoms with Gasteiger partial charge in [0, 0.05) is 6.54 Å². The smallest absolute Gasteiger partial charge is 0.237 e. The number of piperidine rings is 1. The second kappa shape index (κ2) is 7.41. The highest BCUT2D eigenvalue weighted by Crippen LogP contribution is 2.17. The molecule has 1 heterocycles. The van der Waals surface area contributed by atoms with Crippen molar-refractivity contribution in [1.82, 2.24) is 15.5 Å². The zero-order chi connectivity index (χ0) is 14.4. The molecule has 4 nitrogen and oxygen atoms in total. The molecule has 4 heteroatoms. The summed E-state index contributed by atoms with van der Waals surface area (Å²) < 4.78 is 0. The van der Waals surface area contributed by atoms with Gasteiger partial charge >= 0.3 is 0 Å². The van der Waals surface area contributed by atoms with Gasteiger partial charge < -0.3 is 15.5 Å². The van der Waals surface area contributed by atoms with Crippen LogP contribution in [0.3, 0.4) is 0 Å². The number of hydrogen-bond donors (Lipinski definition) is 2. The molecule has 0 radical (unpaired) electrons. The van der Waals surface area contributed by atoms with Gasteiger partial charge in [-0.1, -0.05) is 36.8 Å². The van der Waals surface area contributed by atoms with E-state index in [4.69, 9.17) is 0 Å². The second-order valence-corrected chi connectivity index (χ2v) is 5.64. The zero-order valence-electron chi connectivity index (χ0n) is 12.4. The van der Waals surface area contributed by atoms with Gasteiger partial charge in [0.25, 0.3) is 0 Å². The van der Waals surface area contributed by atoms with Crippen molar-refractivity contribution in [2.45, 2.75) is 31.3 Å². The number of hydrogen-bond acceptors (Lipinski definition) is 3. The maximum Gasteiger partial charge on any atom is 0.237 e. The predicted molar refractivity (Wildman–Crippen MR) is 81.5 cm³/mol.